The van der Waals surface area contributed by atoms with Gasteiger partial charge in [-0.1, -0.05) is 30.3 Å². The van der Waals surface area contributed by atoms with Gasteiger partial charge < -0.3 is 9.84 Å². The summed E-state index contributed by atoms with van der Waals surface area (Å²) in [6.45, 7) is 3.68. The monoisotopic (exact) mass is 275 g/mol. The predicted octanol–water partition coefficient (Wildman–Crippen LogP) is 1.75. The lowest BCUT2D eigenvalue weighted by molar-refractivity contribution is -0.201. The number of piperidine rings is 3. The molecule has 4 heteroatoms. The Bertz CT molecular complexity index is 466. The van der Waals surface area contributed by atoms with E-state index in [1.807, 2.05) is 37.3 Å². The summed E-state index contributed by atoms with van der Waals surface area (Å²) in [5, 5.41) is 10.2. The van der Waals surface area contributed by atoms with E-state index in [-0.39, 0.29) is 17.8 Å². The number of esters is 1. The number of aliphatic hydroxyl groups excluding tert-OH is 1. The quantitative estimate of drug-likeness (QED) is 0.854. The van der Waals surface area contributed by atoms with Crippen molar-refractivity contribution in [3.05, 3.63) is 35.9 Å². The summed E-state index contributed by atoms with van der Waals surface area (Å²) in [4.78, 5) is 14.4. The Kier molecular flexibility index (Phi) is 3.76. The molecule has 0 amide bonds. The van der Waals surface area contributed by atoms with E-state index in [1.54, 1.807) is 0 Å². The van der Waals surface area contributed by atoms with E-state index < -0.39 is 12.3 Å². The van der Waals surface area contributed by atoms with Crippen LogP contribution in [0.15, 0.2) is 30.3 Å². The highest BCUT2D eigenvalue weighted by molar-refractivity contribution is 5.77. The van der Waals surface area contributed by atoms with Gasteiger partial charge in [0.05, 0.1) is 5.92 Å². The molecule has 0 aliphatic carbocycles. The van der Waals surface area contributed by atoms with Gasteiger partial charge in [-0.25, -0.2) is 0 Å². The number of carbonyl (C=O) groups is 1. The number of ether oxygens (including phenoxy) is 1. The van der Waals surface area contributed by atoms with Crippen molar-refractivity contribution < 1.29 is 14.6 Å². The molecule has 108 valence electrons. The van der Waals surface area contributed by atoms with Crippen LogP contribution in [0, 0.1) is 5.92 Å². The minimum absolute atomic E-state index is 0.257. The standard InChI is InChI=1S/C16H21NO3/c1-11(12-5-3-2-4-6-12)16(19)20-15-14(18)13-7-9-17(15)10-8-13/h2-6,11,13-15,18H,7-10H2,1H3. The van der Waals surface area contributed by atoms with Gasteiger partial charge in [0.2, 0.25) is 0 Å². The molecule has 3 aliphatic rings. The number of benzene rings is 1. The van der Waals surface area contributed by atoms with E-state index in [0.29, 0.717) is 0 Å². The first-order chi connectivity index (χ1) is 9.66. The molecule has 0 spiro atoms. The Labute approximate surface area is 119 Å². The van der Waals surface area contributed by atoms with Crippen LogP contribution in [0.4, 0.5) is 0 Å². The van der Waals surface area contributed by atoms with Gasteiger partial charge in [0.25, 0.3) is 0 Å². The number of carbonyl (C=O) groups excluding carboxylic acids is 1. The van der Waals surface area contributed by atoms with Crippen molar-refractivity contribution in [2.45, 2.75) is 38.0 Å². The van der Waals surface area contributed by atoms with E-state index in [9.17, 15) is 9.90 Å². The third-order valence-corrected chi connectivity index (χ3v) is 4.60. The Morgan fingerprint density at radius 1 is 1.30 bits per heavy atom. The fourth-order valence-electron chi connectivity index (χ4n) is 3.21. The smallest absolute Gasteiger partial charge is 0.314 e. The second kappa shape index (κ2) is 5.54. The summed E-state index contributed by atoms with van der Waals surface area (Å²) in [7, 11) is 0. The van der Waals surface area contributed by atoms with E-state index in [0.717, 1.165) is 31.5 Å². The zero-order valence-corrected chi connectivity index (χ0v) is 11.7. The van der Waals surface area contributed by atoms with Crippen LogP contribution >= 0.6 is 0 Å². The molecule has 1 aromatic rings. The zero-order valence-electron chi connectivity index (χ0n) is 11.7. The average molecular weight is 275 g/mol. The molecule has 4 rings (SSSR count). The molecular formula is C16H21NO3. The van der Waals surface area contributed by atoms with Gasteiger partial charge in [0.15, 0.2) is 6.23 Å². The highest BCUT2D eigenvalue weighted by Gasteiger charge is 2.43. The molecule has 3 heterocycles. The summed E-state index contributed by atoms with van der Waals surface area (Å²) >= 11 is 0. The molecule has 0 radical (unpaired) electrons. The zero-order chi connectivity index (χ0) is 14.1. The second-order valence-electron chi connectivity index (χ2n) is 5.82. The molecule has 2 bridgehead atoms. The number of nitrogens with zero attached hydrogens (tertiary/aromatic N) is 1. The van der Waals surface area contributed by atoms with Crippen molar-refractivity contribution in [3.8, 4) is 0 Å². The van der Waals surface area contributed by atoms with E-state index in [2.05, 4.69) is 4.90 Å². The first-order valence-corrected chi connectivity index (χ1v) is 7.34. The Balaban J connectivity index is 1.67. The third kappa shape index (κ3) is 2.45. The molecule has 20 heavy (non-hydrogen) atoms. The van der Waals surface area contributed by atoms with Gasteiger partial charge in [-0.2, -0.15) is 0 Å². The fourth-order valence-corrected chi connectivity index (χ4v) is 3.21. The van der Waals surface area contributed by atoms with Crippen molar-refractivity contribution >= 4 is 5.97 Å². The SMILES string of the molecule is CC(C(=O)OC1C(O)C2CCN1CC2)c1ccccc1. The van der Waals surface area contributed by atoms with Crippen LogP contribution in [0.25, 0.3) is 0 Å². The topological polar surface area (TPSA) is 49.8 Å². The van der Waals surface area contributed by atoms with Crippen LogP contribution in [0.1, 0.15) is 31.2 Å². The summed E-state index contributed by atoms with van der Waals surface area (Å²) in [6.07, 6.45) is 1.01. The first-order valence-electron chi connectivity index (χ1n) is 7.34. The molecular weight excluding hydrogens is 254 g/mol. The average Bonchev–Trinajstić information content (AvgIpc) is 2.51. The van der Waals surface area contributed by atoms with Gasteiger partial charge in [0.1, 0.15) is 6.10 Å². The minimum atomic E-state index is -0.538. The second-order valence-corrected chi connectivity index (χ2v) is 5.82. The van der Waals surface area contributed by atoms with Crippen LogP contribution in [0.2, 0.25) is 0 Å². The molecule has 3 fully saturated rings. The number of hydrogen-bond acceptors (Lipinski definition) is 4. The summed E-state index contributed by atoms with van der Waals surface area (Å²) in [5.41, 5.74) is 0.947. The van der Waals surface area contributed by atoms with Crippen LogP contribution in [0.3, 0.4) is 0 Å². The van der Waals surface area contributed by atoms with Gasteiger partial charge in [-0.05, 0) is 31.2 Å². The number of aliphatic hydroxyl groups is 1. The predicted molar refractivity (Wildman–Crippen MR) is 75.0 cm³/mol. The van der Waals surface area contributed by atoms with Crippen molar-refractivity contribution in [3.63, 3.8) is 0 Å². The maximum atomic E-state index is 12.3. The summed E-state index contributed by atoms with van der Waals surface area (Å²) < 4.78 is 5.59. The molecule has 3 aliphatic heterocycles. The molecule has 1 aromatic carbocycles. The van der Waals surface area contributed by atoms with Gasteiger partial charge >= 0.3 is 5.97 Å². The molecule has 3 unspecified atom stereocenters. The molecule has 0 saturated carbocycles. The number of rotatable bonds is 3. The normalized spacial score (nSPS) is 33.7. The van der Waals surface area contributed by atoms with E-state index in [1.165, 1.54) is 0 Å². The van der Waals surface area contributed by atoms with Crippen molar-refractivity contribution in [1.29, 1.82) is 0 Å². The van der Waals surface area contributed by atoms with Gasteiger partial charge in [0, 0.05) is 13.1 Å². The lowest BCUT2D eigenvalue weighted by Crippen LogP contribution is -2.59. The van der Waals surface area contributed by atoms with Crippen molar-refractivity contribution in [2.24, 2.45) is 5.92 Å². The van der Waals surface area contributed by atoms with Gasteiger partial charge in [-0.3, -0.25) is 9.69 Å². The van der Waals surface area contributed by atoms with Crippen LogP contribution in [-0.4, -0.2) is 41.4 Å². The highest BCUT2D eigenvalue weighted by Crippen LogP contribution is 2.33. The Morgan fingerprint density at radius 2 is 1.95 bits per heavy atom. The van der Waals surface area contributed by atoms with E-state index in [4.69, 9.17) is 4.74 Å². The lowest BCUT2D eigenvalue weighted by Gasteiger charge is -2.47. The third-order valence-electron chi connectivity index (χ3n) is 4.60. The number of hydrogen-bond donors (Lipinski definition) is 1. The highest BCUT2D eigenvalue weighted by atomic mass is 16.6. The van der Waals surface area contributed by atoms with Gasteiger partial charge in [-0.15, -0.1) is 0 Å². The van der Waals surface area contributed by atoms with Crippen molar-refractivity contribution in [2.75, 3.05) is 13.1 Å². The van der Waals surface area contributed by atoms with Crippen LogP contribution in [-0.2, 0) is 9.53 Å². The molecule has 0 aromatic heterocycles. The Hall–Kier alpha value is -1.39. The molecule has 3 saturated heterocycles. The first kappa shape index (κ1) is 13.6. The maximum Gasteiger partial charge on any atom is 0.314 e. The van der Waals surface area contributed by atoms with Crippen LogP contribution in [0.5, 0.6) is 0 Å². The molecule has 4 nitrogen and oxygen atoms in total. The largest absolute Gasteiger partial charge is 0.443 e. The summed E-state index contributed by atoms with van der Waals surface area (Å²) in [6, 6.07) is 9.61. The minimum Gasteiger partial charge on any atom is -0.443 e. The lowest BCUT2D eigenvalue weighted by atomic mass is 9.84. The Morgan fingerprint density at radius 3 is 2.55 bits per heavy atom. The molecule has 1 N–H and O–H groups in total. The van der Waals surface area contributed by atoms with Crippen molar-refractivity contribution in [1.82, 2.24) is 4.90 Å². The fraction of sp³-hybridized carbons (Fsp3) is 0.562. The molecule has 3 atom stereocenters. The summed E-state index contributed by atoms with van der Waals surface area (Å²) in [5.74, 6) is -0.275. The maximum absolute atomic E-state index is 12.3. The van der Waals surface area contributed by atoms with Crippen LogP contribution < -0.4 is 0 Å². The number of fused-ring (bicyclic) bond motifs is 3. The van der Waals surface area contributed by atoms with E-state index >= 15 is 0 Å².